The number of benzene rings is 2. The number of ether oxygens (including phenoxy) is 1. The Hall–Kier alpha value is -3.50. The van der Waals surface area contributed by atoms with Crippen LogP contribution in [0.5, 0.6) is 0 Å². The number of amides is 1. The van der Waals surface area contributed by atoms with Gasteiger partial charge in [0.1, 0.15) is 5.82 Å². The molecule has 0 radical (unpaired) electrons. The first-order valence-electron chi connectivity index (χ1n) is 10.2. The van der Waals surface area contributed by atoms with Crippen molar-refractivity contribution in [1.82, 2.24) is 9.21 Å². The van der Waals surface area contributed by atoms with Crippen molar-refractivity contribution in [3.8, 4) is 11.1 Å². The number of halogens is 1. The van der Waals surface area contributed by atoms with Crippen LogP contribution >= 0.6 is 0 Å². The standard InChI is InChI=1S/C23H21FN2O6S/c24-18-6-8-19(9-7-18)33(29,30)26-13-11-25(12-14-26)21(27)16-32-23(28)22-20(10-15-31-22)17-4-2-1-3-5-17/h1-10,15H,11-14,16H2. The molecular weight excluding hydrogens is 451 g/mol. The van der Waals surface area contributed by atoms with Crippen LogP contribution in [0.2, 0.25) is 0 Å². The van der Waals surface area contributed by atoms with Gasteiger partial charge in [-0.3, -0.25) is 4.79 Å². The SMILES string of the molecule is O=C(OCC(=O)N1CCN(S(=O)(=O)c2ccc(F)cc2)CC1)c1occc1-c1ccccc1. The number of esters is 1. The predicted octanol–water partition coefficient (Wildman–Crippen LogP) is 2.78. The molecule has 10 heteroatoms. The normalized spacial score (nSPS) is 14.8. The molecule has 1 aliphatic heterocycles. The van der Waals surface area contributed by atoms with Crippen molar-refractivity contribution in [2.24, 2.45) is 0 Å². The molecule has 0 N–H and O–H groups in total. The van der Waals surface area contributed by atoms with Gasteiger partial charge in [0, 0.05) is 31.7 Å². The van der Waals surface area contributed by atoms with Crippen LogP contribution in [0.25, 0.3) is 11.1 Å². The first kappa shape index (κ1) is 22.7. The molecular formula is C23H21FN2O6S. The van der Waals surface area contributed by atoms with Gasteiger partial charge in [0.15, 0.2) is 6.61 Å². The van der Waals surface area contributed by atoms with E-state index >= 15 is 0 Å². The molecule has 1 aliphatic rings. The number of carbonyl (C=O) groups excluding carboxylic acids is 2. The highest BCUT2D eigenvalue weighted by Crippen LogP contribution is 2.25. The number of hydrogen-bond acceptors (Lipinski definition) is 6. The lowest BCUT2D eigenvalue weighted by molar-refractivity contribution is -0.135. The largest absolute Gasteiger partial charge is 0.457 e. The van der Waals surface area contributed by atoms with E-state index in [2.05, 4.69) is 0 Å². The van der Waals surface area contributed by atoms with E-state index in [0.29, 0.717) is 5.56 Å². The summed E-state index contributed by atoms with van der Waals surface area (Å²) < 4.78 is 50.1. The molecule has 2 aromatic carbocycles. The minimum absolute atomic E-state index is 0.00390. The number of carbonyl (C=O) groups is 2. The molecule has 0 unspecified atom stereocenters. The van der Waals surface area contributed by atoms with Crippen molar-refractivity contribution in [3.63, 3.8) is 0 Å². The monoisotopic (exact) mass is 472 g/mol. The molecule has 0 bridgehead atoms. The molecule has 0 atom stereocenters. The Kier molecular flexibility index (Phi) is 6.57. The maximum atomic E-state index is 13.1. The van der Waals surface area contributed by atoms with Crippen LogP contribution in [0.1, 0.15) is 10.6 Å². The molecule has 3 aromatic rings. The molecule has 1 amide bonds. The summed E-state index contributed by atoms with van der Waals surface area (Å²) in [5.41, 5.74) is 1.34. The number of rotatable bonds is 6. The van der Waals surface area contributed by atoms with Gasteiger partial charge in [-0.25, -0.2) is 17.6 Å². The third-order valence-electron chi connectivity index (χ3n) is 5.30. The molecule has 33 heavy (non-hydrogen) atoms. The second kappa shape index (κ2) is 9.55. The van der Waals surface area contributed by atoms with Gasteiger partial charge in [0.25, 0.3) is 5.91 Å². The number of nitrogens with zero attached hydrogens (tertiary/aromatic N) is 2. The van der Waals surface area contributed by atoms with Crippen LogP contribution in [-0.4, -0.2) is 62.3 Å². The van der Waals surface area contributed by atoms with E-state index in [9.17, 15) is 22.4 Å². The summed E-state index contributed by atoms with van der Waals surface area (Å²) in [6, 6.07) is 15.4. The first-order valence-corrected chi connectivity index (χ1v) is 11.6. The Labute approximate surface area is 190 Å². The van der Waals surface area contributed by atoms with Gasteiger partial charge in [-0.1, -0.05) is 30.3 Å². The molecule has 2 heterocycles. The fourth-order valence-corrected chi connectivity index (χ4v) is 4.95. The van der Waals surface area contributed by atoms with Crippen molar-refractivity contribution >= 4 is 21.9 Å². The van der Waals surface area contributed by atoms with Gasteiger partial charge in [0.2, 0.25) is 15.8 Å². The Morgan fingerprint density at radius 1 is 0.939 bits per heavy atom. The molecule has 8 nitrogen and oxygen atoms in total. The fourth-order valence-electron chi connectivity index (χ4n) is 3.53. The highest BCUT2D eigenvalue weighted by molar-refractivity contribution is 7.89. The van der Waals surface area contributed by atoms with Gasteiger partial charge in [-0.05, 0) is 35.9 Å². The van der Waals surface area contributed by atoms with Crippen LogP contribution in [0, 0.1) is 5.82 Å². The van der Waals surface area contributed by atoms with Gasteiger partial charge >= 0.3 is 5.97 Å². The zero-order valence-corrected chi connectivity index (χ0v) is 18.3. The lowest BCUT2D eigenvalue weighted by Gasteiger charge is -2.33. The lowest BCUT2D eigenvalue weighted by atomic mass is 10.1. The van der Waals surface area contributed by atoms with E-state index in [0.717, 1.165) is 17.7 Å². The van der Waals surface area contributed by atoms with E-state index in [1.165, 1.54) is 27.6 Å². The maximum Gasteiger partial charge on any atom is 0.375 e. The minimum atomic E-state index is -3.78. The number of sulfonamides is 1. The van der Waals surface area contributed by atoms with Crippen molar-refractivity contribution in [2.75, 3.05) is 32.8 Å². The van der Waals surface area contributed by atoms with Gasteiger partial charge in [-0.2, -0.15) is 4.31 Å². The zero-order chi connectivity index (χ0) is 23.4. The summed E-state index contributed by atoms with van der Waals surface area (Å²) in [7, 11) is -3.78. The van der Waals surface area contributed by atoms with E-state index in [1.54, 1.807) is 6.07 Å². The summed E-state index contributed by atoms with van der Waals surface area (Å²) >= 11 is 0. The van der Waals surface area contributed by atoms with Crippen LogP contribution in [0.4, 0.5) is 4.39 Å². The van der Waals surface area contributed by atoms with Gasteiger partial charge in [-0.15, -0.1) is 0 Å². The van der Waals surface area contributed by atoms with Crippen LogP contribution < -0.4 is 0 Å². The number of furan rings is 1. The molecule has 1 saturated heterocycles. The molecule has 0 saturated carbocycles. The summed E-state index contributed by atoms with van der Waals surface area (Å²) in [5.74, 6) is -1.71. The Morgan fingerprint density at radius 2 is 1.61 bits per heavy atom. The van der Waals surface area contributed by atoms with E-state index in [1.807, 2.05) is 30.3 Å². The van der Waals surface area contributed by atoms with Crippen molar-refractivity contribution in [1.29, 1.82) is 0 Å². The van der Waals surface area contributed by atoms with Crippen molar-refractivity contribution < 1.29 is 31.6 Å². The first-order chi connectivity index (χ1) is 15.9. The average molecular weight is 472 g/mol. The van der Waals surface area contributed by atoms with Crippen LogP contribution in [0.3, 0.4) is 0 Å². The number of piperazine rings is 1. The summed E-state index contributed by atoms with van der Waals surface area (Å²) in [6.07, 6.45) is 1.38. The van der Waals surface area contributed by atoms with Crippen LogP contribution in [0.15, 0.2) is 76.2 Å². The number of hydrogen-bond donors (Lipinski definition) is 0. The van der Waals surface area contributed by atoms with Crippen molar-refractivity contribution in [3.05, 3.63) is 78.5 Å². The molecule has 0 spiro atoms. The van der Waals surface area contributed by atoms with E-state index < -0.39 is 34.3 Å². The fraction of sp³-hybridized carbons (Fsp3) is 0.217. The molecule has 0 aliphatic carbocycles. The third-order valence-corrected chi connectivity index (χ3v) is 7.22. The molecule has 1 aromatic heterocycles. The molecule has 4 rings (SSSR count). The highest BCUT2D eigenvalue weighted by Gasteiger charge is 2.30. The molecule has 172 valence electrons. The van der Waals surface area contributed by atoms with Gasteiger partial charge in [0.05, 0.1) is 11.2 Å². The Bertz CT molecular complexity index is 1230. The highest BCUT2D eigenvalue weighted by atomic mass is 32.2. The molecule has 1 fully saturated rings. The third kappa shape index (κ3) is 4.96. The summed E-state index contributed by atoms with van der Waals surface area (Å²) in [5, 5.41) is 0. The van der Waals surface area contributed by atoms with Crippen molar-refractivity contribution in [2.45, 2.75) is 4.90 Å². The second-order valence-corrected chi connectivity index (χ2v) is 9.28. The summed E-state index contributed by atoms with van der Waals surface area (Å²) in [6.45, 7) is -0.0381. The van der Waals surface area contributed by atoms with E-state index in [4.69, 9.17) is 9.15 Å². The van der Waals surface area contributed by atoms with E-state index in [-0.39, 0.29) is 36.8 Å². The smallest absolute Gasteiger partial charge is 0.375 e. The average Bonchev–Trinajstić information content (AvgIpc) is 3.33. The maximum absolute atomic E-state index is 13.1. The second-order valence-electron chi connectivity index (χ2n) is 7.34. The Morgan fingerprint density at radius 3 is 2.27 bits per heavy atom. The van der Waals surface area contributed by atoms with Gasteiger partial charge < -0.3 is 14.1 Å². The Balaban J connectivity index is 1.32. The quantitative estimate of drug-likeness (QED) is 0.512. The predicted molar refractivity (Wildman–Crippen MR) is 116 cm³/mol. The minimum Gasteiger partial charge on any atom is -0.457 e. The lowest BCUT2D eigenvalue weighted by Crippen LogP contribution is -2.51. The topological polar surface area (TPSA) is 97.1 Å². The van der Waals surface area contributed by atoms with Crippen LogP contribution in [-0.2, 0) is 19.6 Å². The summed E-state index contributed by atoms with van der Waals surface area (Å²) in [4.78, 5) is 26.4. The zero-order valence-electron chi connectivity index (χ0n) is 17.5.